The predicted octanol–water partition coefficient (Wildman–Crippen LogP) is 1.79. The van der Waals surface area contributed by atoms with Gasteiger partial charge in [-0.2, -0.15) is 5.10 Å². The number of piperidine rings is 1. The van der Waals surface area contributed by atoms with E-state index >= 15 is 0 Å². The van der Waals surface area contributed by atoms with Crippen LogP contribution in [0.25, 0.3) is 5.69 Å². The van der Waals surface area contributed by atoms with Gasteiger partial charge in [0, 0.05) is 36.5 Å². The molecule has 2 aromatic rings. The van der Waals surface area contributed by atoms with Crippen LogP contribution in [0, 0.1) is 10.1 Å². The van der Waals surface area contributed by atoms with Crippen LogP contribution < -0.4 is 10.6 Å². The number of carbonyl (C=O) groups is 1. The van der Waals surface area contributed by atoms with Crippen LogP contribution in [0.2, 0.25) is 0 Å². The number of nitro groups is 1. The molecule has 2 atom stereocenters. The summed E-state index contributed by atoms with van der Waals surface area (Å²) in [6, 6.07) is 8.93. The summed E-state index contributed by atoms with van der Waals surface area (Å²) in [5.41, 5.74) is 1.04. The highest BCUT2D eigenvalue weighted by molar-refractivity contribution is 5.92. The average molecular weight is 341 g/mol. The van der Waals surface area contributed by atoms with Crippen LogP contribution in [0.4, 0.5) is 5.69 Å². The summed E-state index contributed by atoms with van der Waals surface area (Å²) in [4.78, 5) is 22.7. The Kier molecular flexibility index (Phi) is 3.96. The Morgan fingerprint density at radius 2 is 1.88 bits per heavy atom. The van der Waals surface area contributed by atoms with Gasteiger partial charge in [0.1, 0.15) is 0 Å². The number of benzene rings is 1. The monoisotopic (exact) mass is 341 g/mol. The van der Waals surface area contributed by atoms with Crippen molar-refractivity contribution in [1.29, 1.82) is 0 Å². The van der Waals surface area contributed by atoms with Crippen molar-refractivity contribution in [3.63, 3.8) is 0 Å². The number of carbonyl (C=O) groups excluding carboxylic acids is 1. The van der Waals surface area contributed by atoms with Gasteiger partial charge in [-0.15, -0.1) is 0 Å². The molecule has 8 heteroatoms. The van der Waals surface area contributed by atoms with E-state index in [9.17, 15) is 14.9 Å². The first-order chi connectivity index (χ1) is 12.1. The highest BCUT2D eigenvalue weighted by atomic mass is 16.6. The van der Waals surface area contributed by atoms with Gasteiger partial charge in [0.2, 0.25) is 0 Å². The average Bonchev–Trinajstić information content (AvgIpc) is 3.22. The molecule has 0 spiro atoms. The molecule has 2 aliphatic heterocycles. The Hall–Kier alpha value is -2.74. The molecule has 2 aliphatic rings. The first-order valence-electron chi connectivity index (χ1n) is 8.46. The molecule has 1 amide bonds. The number of hydrogen-bond acceptors (Lipinski definition) is 5. The molecule has 1 aromatic carbocycles. The van der Waals surface area contributed by atoms with Gasteiger partial charge in [0.25, 0.3) is 11.6 Å². The molecular weight excluding hydrogens is 322 g/mol. The molecule has 3 heterocycles. The number of nitrogens with zero attached hydrogens (tertiary/aromatic N) is 3. The minimum Gasteiger partial charge on any atom is -0.348 e. The van der Waals surface area contributed by atoms with Crippen molar-refractivity contribution >= 4 is 11.6 Å². The highest BCUT2D eigenvalue weighted by Crippen LogP contribution is 2.26. The Bertz CT molecular complexity index is 789. The van der Waals surface area contributed by atoms with Crippen molar-refractivity contribution in [3.05, 3.63) is 52.3 Å². The number of nitrogens with one attached hydrogen (secondary N) is 2. The first-order valence-corrected chi connectivity index (χ1v) is 8.46. The molecule has 8 nitrogen and oxygen atoms in total. The third-order valence-corrected chi connectivity index (χ3v) is 4.96. The molecule has 2 bridgehead atoms. The molecule has 2 N–H and O–H groups in total. The summed E-state index contributed by atoms with van der Waals surface area (Å²) in [5.74, 6) is -0.174. The van der Waals surface area contributed by atoms with Crippen molar-refractivity contribution in [2.45, 2.75) is 43.8 Å². The quantitative estimate of drug-likeness (QED) is 0.652. The second kappa shape index (κ2) is 6.29. The van der Waals surface area contributed by atoms with Crippen LogP contribution in [0.5, 0.6) is 0 Å². The van der Waals surface area contributed by atoms with E-state index in [4.69, 9.17) is 0 Å². The molecule has 130 valence electrons. The molecule has 0 saturated carbocycles. The van der Waals surface area contributed by atoms with Gasteiger partial charge in [-0.25, -0.2) is 4.68 Å². The van der Waals surface area contributed by atoms with E-state index < -0.39 is 4.92 Å². The van der Waals surface area contributed by atoms with Gasteiger partial charge < -0.3 is 10.6 Å². The van der Waals surface area contributed by atoms with E-state index in [-0.39, 0.29) is 17.6 Å². The van der Waals surface area contributed by atoms with Crippen molar-refractivity contribution in [2.24, 2.45) is 0 Å². The Morgan fingerprint density at radius 3 is 2.52 bits per heavy atom. The number of hydrogen-bond donors (Lipinski definition) is 2. The summed E-state index contributed by atoms with van der Waals surface area (Å²) >= 11 is 0. The molecule has 2 saturated heterocycles. The third-order valence-electron chi connectivity index (χ3n) is 4.96. The molecule has 1 aromatic heterocycles. The SMILES string of the molecule is O=C(NC1CC2CCC(C1)N2)c1ccn(-c2ccc([N+](=O)[O-])cc2)n1. The number of nitro benzene ring substituents is 1. The Morgan fingerprint density at radius 1 is 1.20 bits per heavy atom. The Balaban J connectivity index is 1.43. The van der Waals surface area contributed by atoms with Crippen LogP contribution in [0.15, 0.2) is 36.5 Å². The van der Waals surface area contributed by atoms with Gasteiger partial charge >= 0.3 is 0 Å². The molecule has 4 rings (SSSR count). The normalized spacial score (nSPS) is 24.9. The Labute approximate surface area is 144 Å². The zero-order valence-electron chi connectivity index (χ0n) is 13.6. The van der Waals surface area contributed by atoms with E-state index in [1.807, 2.05) is 0 Å². The van der Waals surface area contributed by atoms with Crippen molar-refractivity contribution in [2.75, 3.05) is 0 Å². The summed E-state index contributed by atoms with van der Waals surface area (Å²) in [7, 11) is 0. The summed E-state index contributed by atoms with van der Waals surface area (Å²) in [6.07, 6.45) is 5.98. The van der Waals surface area contributed by atoms with Crippen LogP contribution in [0.3, 0.4) is 0 Å². The van der Waals surface area contributed by atoms with Gasteiger partial charge in [0.15, 0.2) is 5.69 Å². The van der Waals surface area contributed by atoms with Crippen LogP contribution in [0.1, 0.15) is 36.2 Å². The largest absolute Gasteiger partial charge is 0.348 e. The lowest BCUT2D eigenvalue weighted by Gasteiger charge is -2.29. The number of rotatable bonds is 4. The maximum absolute atomic E-state index is 12.4. The van der Waals surface area contributed by atoms with E-state index in [2.05, 4.69) is 15.7 Å². The molecule has 25 heavy (non-hydrogen) atoms. The van der Waals surface area contributed by atoms with Crippen LogP contribution in [-0.4, -0.2) is 38.7 Å². The molecule has 2 unspecified atom stereocenters. The van der Waals surface area contributed by atoms with Crippen molar-refractivity contribution in [1.82, 2.24) is 20.4 Å². The maximum Gasteiger partial charge on any atom is 0.272 e. The van der Waals surface area contributed by atoms with Crippen LogP contribution >= 0.6 is 0 Å². The second-order valence-corrected chi connectivity index (χ2v) is 6.70. The lowest BCUT2D eigenvalue weighted by Crippen LogP contribution is -2.48. The lowest BCUT2D eigenvalue weighted by molar-refractivity contribution is -0.384. The minimum absolute atomic E-state index is 0.0226. The maximum atomic E-state index is 12.4. The highest BCUT2D eigenvalue weighted by Gasteiger charge is 2.34. The van der Waals surface area contributed by atoms with E-state index in [0.717, 1.165) is 12.8 Å². The summed E-state index contributed by atoms with van der Waals surface area (Å²) < 4.78 is 1.55. The molecule has 0 radical (unpaired) electrons. The minimum atomic E-state index is -0.447. The predicted molar refractivity (Wildman–Crippen MR) is 90.7 cm³/mol. The van der Waals surface area contributed by atoms with Crippen molar-refractivity contribution in [3.8, 4) is 5.69 Å². The lowest BCUT2D eigenvalue weighted by atomic mass is 10.00. The second-order valence-electron chi connectivity index (χ2n) is 6.70. The standard InChI is InChI=1S/C17H19N5O3/c23-17(19-13-9-11-1-2-12(10-13)18-11)16-7-8-21(20-16)14-3-5-15(6-4-14)22(24)25/h3-8,11-13,18H,1-2,9-10H2,(H,19,23). The topological polar surface area (TPSA) is 102 Å². The van der Waals surface area contributed by atoms with Gasteiger partial charge in [-0.3, -0.25) is 14.9 Å². The fraction of sp³-hybridized carbons (Fsp3) is 0.412. The molecule has 0 aliphatic carbocycles. The zero-order valence-corrected chi connectivity index (χ0v) is 13.6. The van der Waals surface area contributed by atoms with Gasteiger partial charge in [0.05, 0.1) is 10.6 Å². The number of aromatic nitrogens is 2. The fourth-order valence-electron chi connectivity index (χ4n) is 3.75. The number of amides is 1. The van der Waals surface area contributed by atoms with Crippen LogP contribution in [-0.2, 0) is 0 Å². The summed E-state index contributed by atoms with van der Waals surface area (Å²) in [5, 5.41) is 21.6. The smallest absolute Gasteiger partial charge is 0.272 e. The molecular formula is C17H19N5O3. The molecule has 2 fully saturated rings. The number of non-ortho nitro benzene ring substituents is 1. The van der Waals surface area contributed by atoms with E-state index in [1.165, 1.54) is 25.0 Å². The first kappa shape index (κ1) is 15.8. The van der Waals surface area contributed by atoms with E-state index in [0.29, 0.717) is 23.5 Å². The fourth-order valence-corrected chi connectivity index (χ4v) is 3.75. The summed E-state index contributed by atoms with van der Waals surface area (Å²) in [6.45, 7) is 0. The van der Waals surface area contributed by atoms with Crippen molar-refractivity contribution < 1.29 is 9.72 Å². The van der Waals surface area contributed by atoms with E-state index in [1.54, 1.807) is 29.1 Å². The zero-order chi connectivity index (χ0) is 17.4. The number of fused-ring (bicyclic) bond motifs is 2. The van der Waals surface area contributed by atoms with Gasteiger partial charge in [-0.1, -0.05) is 0 Å². The third kappa shape index (κ3) is 3.25. The van der Waals surface area contributed by atoms with Gasteiger partial charge in [-0.05, 0) is 43.9 Å².